The van der Waals surface area contributed by atoms with Crippen molar-refractivity contribution in [2.24, 2.45) is 0 Å². The summed E-state index contributed by atoms with van der Waals surface area (Å²) in [5.74, 6) is 0. The highest BCUT2D eigenvalue weighted by Gasteiger charge is 1.97. The van der Waals surface area contributed by atoms with E-state index in [0.29, 0.717) is 6.54 Å². The first-order valence-corrected chi connectivity index (χ1v) is 5.91. The molecular weight excluding hydrogens is 218 g/mol. The van der Waals surface area contributed by atoms with Gasteiger partial charge in [-0.2, -0.15) is 0 Å². The molecule has 0 amide bonds. The summed E-state index contributed by atoms with van der Waals surface area (Å²) in [5.41, 5.74) is 3.77. The highest BCUT2D eigenvalue weighted by Crippen LogP contribution is 2.01. The molecule has 0 aliphatic carbocycles. The van der Waals surface area contributed by atoms with Crippen LogP contribution in [0.3, 0.4) is 0 Å². The molecule has 0 saturated heterocycles. The average Bonchev–Trinajstić information content (AvgIpc) is 2.77. The summed E-state index contributed by atoms with van der Waals surface area (Å²) in [7, 11) is 0. The summed E-state index contributed by atoms with van der Waals surface area (Å²) in [6.07, 6.45) is 0. The van der Waals surface area contributed by atoms with Gasteiger partial charge in [0.1, 0.15) is 0 Å². The average molecular weight is 227 g/mol. The van der Waals surface area contributed by atoms with Crippen LogP contribution in [-0.4, -0.2) is 9.97 Å². The van der Waals surface area contributed by atoms with Crippen molar-refractivity contribution < 1.29 is 0 Å². The van der Waals surface area contributed by atoms with Crippen LogP contribution in [0.1, 0.15) is 11.4 Å². The SMILES string of the molecule is O=c1[nH]c(CNCc2cscn2)cs1. The van der Waals surface area contributed by atoms with E-state index in [0.717, 1.165) is 17.9 Å². The van der Waals surface area contributed by atoms with Gasteiger partial charge in [-0.3, -0.25) is 4.79 Å². The van der Waals surface area contributed by atoms with Gasteiger partial charge in [-0.15, -0.1) is 11.3 Å². The van der Waals surface area contributed by atoms with Gasteiger partial charge in [0.2, 0.25) is 0 Å². The predicted octanol–water partition coefficient (Wildman–Crippen LogP) is 1.18. The van der Waals surface area contributed by atoms with Crippen molar-refractivity contribution in [3.05, 3.63) is 37.3 Å². The maximum atomic E-state index is 10.8. The monoisotopic (exact) mass is 227 g/mol. The van der Waals surface area contributed by atoms with Gasteiger partial charge in [0.25, 0.3) is 0 Å². The smallest absolute Gasteiger partial charge is 0.304 e. The van der Waals surface area contributed by atoms with Crippen molar-refractivity contribution >= 4 is 22.7 Å². The number of aromatic amines is 1. The molecule has 0 aliphatic rings. The largest absolute Gasteiger partial charge is 0.315 e. The second kappa shape index (κ2) is 4.50. The molecule has 2 aromatic heterocycles. The van der Waals surface area contributed by atoms with Gasteiger partial charge in [0.05, 0.1) is 11.2 Å². The van der Waals surface area contributed by atoms with Crippen LogP contribution in [0, 0.1) is 0 Å². The molecular formula is C8H9N3OS2. The highest BCUT2D eigenvalue weighted by molar-refractivity contribution is 7.07. The van der Waals surface area contributed by atoms with Crippen LogP contribution in [0.5, 0.6) is 0 Å². The lowest BCUT2D eigenvalue weighted by Crippen LogP contribution is -2.13. The maximum Gasteiger partial charge on any atom is 0.304 e. The van der Waals surface area contributed by atoms with E-state index in [9.17, 15) is 4.79 Å². The summed E-state index contributed by atoms with van der Waals surface area (Å²) in [6.45, 7) is 1.41. The molecule has 0 bridgehead atoms. The van der Waals surface area contributed by atoms with Crippen LogP contribution in [0.4, 0.5) is 0 Å². The second-order valence-electron chi connectivity index (χ2n) is 2.76. The molecule has 0 radical (unpaired) electrons. The van der Waals surface area contributed by atoms with Gasteiger partial charge in [-0.1, -0.05) is 11.3 Å². The number of hydrogen-bond acceptors (Lipinski definition) is 5. The lowest BCUT2D eigenvalue weighted by atomic mass is 10.4. The summed E-state index contributed by atoms with van der Waals surface area (Å²) < 4.78 is 0. The van der Waals surface area contributed by atoms with E-state index in [1.807, 2.05) is 16.3 Å². The first-order valence-electron chi connectivity index (χ1n) is 4.09. The summed E-state index contributed by atoms with van der Waals surface area (Å²) in [6, 6.07) is 0. The molecule has 2 N–H and O–H groups in total. The summed E-state index contributed by atoms with van der Waals surface area (Å²) in [5, 5.41) is 7.03. The van der Waals surface area contributed by atoms with Gasteiger partial charge in [-0.25, -0.2) is 4.98 Å². The lowest BCUT2D eigenvalue weighted by Gasteiger charge is -1.98. The number of nitrogens with zero attached hydrogens (tertiary/aromatic N) is 1. The summed E-state index contributed by atoms with van der Waals surface area (Å²) in [4.78, 5) is 17.7. The second-order valence-corrected chi connectivity index (χ2v) is 4.32. The van der Waals surface area contributed by atoms with E-state index < -0.39 is 0 Å². The van der Waals surface area contributed by atoms with Crippen LogP contribution in [0.25, 0.3) is 0 Å². The zero-order chi connectivity index (χ0) is 9.80. The quantitative estimate of drug-likeness (QED) is 0.824. The Kier molecular flexibility index (Phi) is 3.07. The predicted molar refractivity (Wildman–Crippen MR) is 57.6 cm³/mol. The van der Waals surface area contributed by atoms with E-state index in [1.54, 1.807) is 11.3 Å². The third kappa shape index (κ3) is 2.50. The molecule has 0 unspecified atom stereocenters. The Labute approximate surface area is 88.6 Å². The number of rotatable bonds is 4. The molecule has 14 heavy (non-hydrogen) atoms. The Balaban J connectivity index is 1.81. The molecule has 74 valence electrons. The first-order chi connectivity index (χ1) is 6.84. The number of thiazole rings is 2. The van der Waals surface area contributed by atoms with Crippen molar-refractivity contribution in [2.45, 2.75) is 13.1 Å². The molecule has 0 spiro atoms. The minimum absolute atomic E-state index is 0.00421. The van der Waals surface area contributed by atoms with Gasteiger partial charge < -0.3 is 10.3 Å². The Bertz CT molecular complexity index is 431. The van der Waals surface area contributed by atoms with Gasteiger partial charge in [0, 0.05) is 29.5 Å². The Morgan fingerprint density at radius 3 is 3.00 bits per heavy atom. The molecule has 0 aliphatic heterocycles. The van der Waals surface area contributed by atoms with Crippen LogP contribution < -0.4 is 10.2 Å². The van der Waals surface area contributed by atoms with Crippen molar-refractivity contribution in [1.29, 1.82) is 0 Å². The van der Waals surface area contributed by atoms with Gasteiger partial charge in [0.15, 0.2) is 0 Å². The molecule has 2 rings (SSSR count). The normalized spacial score (nSPS) is 10.6. The lowest BCUT2D eigenvalue weighted by molar-refractivity contribution is 0.672. The molecule has 0 saturated carbocycles. The van der Waals surface area contributed by atoms with Crippen molar-refractivity contribution in [2.75, 3.05) is 0 Å². The number of hydrogen-bond donors (Lipinski definition) is 2. The van der Waals surface area contributed by atoms with Crippen LogP contribution in [0.15, 0.2) is 21.1 Å². The number of nitrogens with one attached hydrogen (secondary N) is 2. The fourth-order valence-corrected chi connectivity index (χ4v) is 2.19. The Hall–Kier alpha value is -0.980. The van der Waals surface area contributed by atoms with Crippen LogP contribution in [-0.2, 0) is 13.1 Å². The van der Waals surface area contributed by atoms with E-state index in [1.165, 1.54) is 11.3 Å². The minimum Gasteiger partial charge on any atom is -0.315 e. The van der Waals surface area contributed by atoms with Crippen molar-refractivity contribution in [3.63, 3.8) is 0 Å². The first kappa shape index (κ1) is 9.57. The molecule has 0 atom stereocenters. The zero-order valence-electron chi connectivity index (χ0n) is 7.32. The maximum absolute atomic E-state index is 10.8. The number of aromatic nitrogens is 2. The van der Waals surface area contributed by atoms with E-state index in [2.05, 4.69) is 15.3 Å². The molecule has 0 aromatic carbocycles. The minimum atomic E-state index is -0.00421. The summed E-state index contributed by atoms with van der Waals surface area (Å²) >= 11 is 2.77. The highest BCUT2D eigenvalue weighted by atomic mass is 32.1. The Morgan fingerprint density at radius 2 is 2.36 bits per heavy atom. The van der Waals surface area contributed by atoms with E-state index >= 15 is 0 Å². The van der Waals surface area contributed by atoms with E-state index in [4.69, 9.17) is 0 Å². The van der Waals surface area contributed by atoms with Crippen LogP contribution in [0.2, 0.25) is 0 Å². The van der Waals surface area contributed by atoms with Crippen molar-refractivity contribution in [3.8, 4) is 0 Å². The zero-order valence-corrected chi connectivity index (χ0v) is 8.95. The fourth-order valence-electron chi connectivity index (χ4n) is 1.05. The molecule has 0 fully saturated rings. The third-order valence-corrected chi connectivity index (χ3v) is 3.03. The number of H-pyrrole nitrogens is 1. The molecule has 2 heterocycles. The molecule has 2 aromatic rings. The fraction of sp³-hybridized carbons (Fsp3) is 0.250. The topological polar surface area (TPSA) is 57.8 Å². The molecule has 6 heteroatoms. The molecule has 4 nitrogen and oxygen atoms in total. The van der Waals surface area contributed by atoms with Gasteiger partial charge >= 0.3 is 4.87 Å². The third-order valence-electron chi connectivity index (χ3n) is 1.68. The van der Waals surface area contributed by atoms with Crippen LogP contribution >= 0.6 is 22.7 Å². The van der Waals surface area contributed by atoms with Crippen molar-refractivity contribution in [1.82, 2.24) is 15.3 Å². The standard InChI is InChI=1S/C8H9N3OS2/c12-8-11-7(4-14-8)2-9-1-6-3-13-5-10-6/h3-5,9H,1-2H2,(H,11,12). The van der Waals surface area contributed by atoms with E-state index in [-0.39, 0.29) is 4.87 Å². The van der Waals surface area contributed by atoms with Gasteiger partial charge in [-0.05, 0) is 0 Å². The Morgan fingerprint density at radius 1 is 1.43 bits per heavy atom.